The quantitative estimate of drug-likeness (QED) is 0.328. The van der Waals surface area contributed by atoms with Crippen molar-refractivity contribution < 1.29 is 22.8 Å². The molecule has 12 heteroatoms. The highest BCUT2D eigenvalue weighted by Gasteiger charge is 2.68. The normalized spacial score (nSPS) is 18.6. The minimum atomic E-state index is -4.56. The summed E-state index contributed by atoms with van der Waals surface area (Å²) < 4.78 is 41.5. The molecule has 2 aromatic carbocycles. The third-order valence-electron chi connectivity index (χ3n) is 8.04. The zero-order valence-electron chi connectivity index (χ0n) is 22.4. The Kier molecular flexibility index (Phi) is 7.71. The van der Waals surface area contributed by atoms with E-state index in [0.717, 1.165) is 24.9 Å². The third-order valence-corrected chi connectivity index (χ3v) is 8.36. The van der Waals surface area contributed by atoms with E-state index in [2.05, 4.69) is 32.9 Å². The standard InChI is InChI=1S/C28H32ClF3N6O2/c1-37-13-3-4-19(37)9-12-33-24(39)18-6-8-23-22(15-18)36-26(38(23)2)35-21-14-17(5-7-20(21)29)16-34-25(40)27(10-11-27)28(30,31)32/h5-8,14-15,19H,3-4,9-13,16H2,1-2H3,(H,33,39)(H,34,40)(H,35,36). The van der Waals surface area contributed by atoms with Crippen LogP contribution in [-0.4, -0.2) is 58.6 Å². The summed E-state index contributed by atoms with van der Waals surface area (Å²) in [6.45, 7) is 1.63. The number of fused-ring (bicyclic) bond motifs is 1. The maximum absolute atomic E-state index is 13.2. The van der Waals surface area contributed by atoms with E-state index >= 15 is 0 Å². The average molecular weight is 577 g/mol. The highest BCUT2D eigenvalue weighted by atomic mass is 35.5. The fraction of sp³-hybridized carbons (Fsp3) is 0.464. The first-order valence-electron chi connectivity index (χ1n) is 13.3. The number of anilines is 2. The molecule has 3 N–H and O–H groups in total. The number of carbonyl (C=O) groups is 2. The van der Waals surface area contributed by atoms with Crippen molar-refractivity contribution in [2.45, 2.75) is 50.9 Å². The summed E-state index contributed by atoms with van der Waals surface area (Å²) in [5.74, 6) is -0.696. The van der Waals surface area contributed by atoms with Crippen molar-refractivity contribution in [2.75, 3.05) is 25.5 Å². The number of likely N-dealkylation sites (tertiary alicyclic amines) is 1. The molecule has 2 heterocycles. The van der Waals surface area contributed by atoms with E-state index in [4.69, 9.17) is 11.6 Å². The Morgan fingerprint density at radius 3 is 2.58 bits per heavy atom. The highest BCUT2D eigenvalue weighted by Crippen LogP contribution is 2.57. The van der Waals surface area contributed by atoms with Crippen molar-refractivity contribution >= 4 is 46.1 Å². The van der Waals surface area contributed by atoms with Crippen molar-refractivity contribution in [3.63, 3.8) is 0 Å². The second-order valence-corrected chi connectivity index (χ2v) is 11.1. The van der Waals surface area contributed by atoms with Crippen molar-refractivity contribution in [3.05, 3.63) is 52.5 Å². The van der Waals surface area contributed by atoms with Gasteiger partial charge in [0.15, 0.2) is 0 Å². The van der Waals surface area contributed by atoms with Crippen LogP contribution in [0.2, 0.25) is 5.02 Å². The number of aromatic nitrogens is 2. The second-order valence-electron chi connectivity index (χ2n) is 10.7. The summed E-state index contributed by atoms with van der Waals surface area (Å²) in [7, 11) is 3.93. The van der Waals surface area contributed by atoms with Gasteiger partial charge in [0.25, 0.3) is 5.91 Å². The molecular weight excluding hydrogens is 545 g/mol. The van der Waals surface area contributed by atoms with Crippen LogP contribution in [0.25, 0.3) is 11.0 Å². The van der Waals surface area contributed by atoms with E-state index < -0.39 is 17.5 Å². The number of amides is 2. The SMILES string of the molecule is CN1CCCC1CCNC(=O)c1ccc2c(c1)nc(Nc1cc(CNC(=O)C3(C(F)(F)F)CC3)ccc1Cl)n2C. The molecule has 1 aromatic heterocycles. The molecule has 1 saturated heterocycles. The first-order valence-corrected chi connectivity index (χ1v) is 13.7. The number of alkyl halides is 3. The number of hydrogen-bond donors (Lipinski definition) is 3. The van der Waals surface area contributed by atoms with Crippen LogP contribution in [0, 0.1) is 5.41 Å². The fourth-order valence-corrected chi connectivity index (χ4v) is 5.43. The van der Waals surface area contributed by atoms with Gasteiger partial charge in [0.05, 0.1) is 21.7 Å². The molecule has 2 fully saturated rings. The molecule has 0 bridgehead atoms. The van der Waals surface area contributed by atoms with Crippen molar-refractivity contribution in [3.8, 4) is 0 Å². The number of benzene rings is 2. The second kappa shape index (κ2) is 10.9. The lowest BCUT2D eigenvalue weighted by Crippen LogP contribution is -2.40. The number of imidazole rings is 1. The minimum Gasteiger partial charge on any atom is -0.352 e. The van der Waals surface area contributed by atoms with Gasteiger partial charge in [0.2, 0.25) is 11.9 Å². The largest absolute Gasteiger partial charge is 0.403 e. The van der Waals surface area contributed by atoms with E-state index in [0.29, 0.717) is 45.9 Å². The molecule has 40 heavy (non-hydrogen) atoms. The van der Waals surface area contributed by atoms with E-state index in [-0.39, 0.29) is 25.3 Å². The molecule has 2 amide bonds. The summed E-state index contributed by atoms with van der Waals surface area (Å²) in [4.78, 5) is 31.9. The number of carbonyl (C=O) groups excluding carboxylic acids is 2. The fourth-order valence-electron chi connectivity index (χ4n) is 5.27. The number of aryl methyl sites for hydroxylation is 1. The van der Waals surface area contributed by atoms with Crippen LogP contribution in [0.5, 0.6) is 0 Å². The molecule has 1 saturated carbocycles. The predicted octanol–water partition coefficient (Wildman–Crippen LogP) is 5.14. The molecular formula is C28H32ClF3N6O2. The van der Waals surface area contributed by atoms with Gasteiger partial charge in [-0.25, -0.2) is 4.98 Å². The lowest BCUT2D eigenvalue weighted by molar-refractivity contribution is -0.192. The summed E-state index contributed by atoms with van der Waals surface area (Å²) in [6, 6.07) is 10.7. The number of rotatable bonds is 9. The van der Waals surface area contributed by atoms with Gasteiger partial charge in [-0.3, -0.25) is 9.59 Å². The van der Waals surface area contributed by atoms with Crippen LogP contribution in [0.4, 0.5) is 24.8 Å². The molecule has 8 nitrogen and oxygen atoms in total. The number of hydrogen-bond acceptors (Lipinski definition) is 5. The topological polar surface area (TPSA) is 91.3 Å². The first-order chi connectivity index (χ1) is 19.0. The molecule has 3 aromatic rings. The van der Waals surface area contributed by atoms with Crippen LogP contribution in [0.15, 0.2) is 36.4 Å². The van der Waals surface area contributed by atoms with Gasteiger partial charge in [-0.2, -0.15) is 13.2 Å². The van der Waals surface area contributed by atoms with Crippen molar-refractivity contribution in [1.29, 1.82) is 0 Å². The monoisotopic (exact) mass is 576 g/mol. The molecule has 0 spiro atoms. The van der Waals surface area contributed by atoms with E-state index in [9.17, 15) is 22.8 Å². The van der Waals surface area contributed by atoms with Gasteiger partial charge in [0.1, 0.15) is 5.41 Å². The molecule has 1 unspecified atom stereocenters. The van der Waals surface area contributed by atoms with Crippen LogP contribution in [-0.2, 0) is 18.4 Å². The number of halogens is 4. The Bertz CT molecular complexity index is 1440. The zero-order chi connectivity index (χ0) is 28.7. The van der Waals surface area contributed by atoms with Crippen LogP contribution < -0.4 is 16.0 Å². The van der Waals surface area contributed by atoms with Gasteiger partial charge in [-0.15, -0.1) is 0 Å². The Labute approximate surface area is 235 Å². The third kappa shape index (κ3) is 5.62. The van der Waals surface area contributed by atoms with Crippen molar-refractivity contribution in [2.24, 2.45) is 12.5 Å². The Balaban J connectivity index is 1.24. The summed E-state index contributed by atoms with van der Waals surface area (Å²) in [5.41, 5.74) is 0.733. The van der Waals surface area contributed by atoms with E-state index in [1.807, 2.05) is 17.7 Å². The Morgan fingerprint density at radius 1 is 1.12 bits per heavy atom. The van der Waals surface area contributed by atoms with Gasteiger partial charge >= 0.3 is 6.18 Å². The molecule has 1 aliphatic carbocycles. The number of nitrogens with one attached hydrogen (secondary N) is 3. The van der Waals surface area contributed by atoms with Crippen LogP contribution in [0.1, 0.15) is 48.0 Å². The predicted molar refractivity (Wildman–Crippen MR) is 148 cm³/mol. The first kappa shape index (κ1) is 28.2. The molecule has 0 radical (unpaired) electrons. The Morgan fingerprint density at radius 2 is 1.90 bits per heavy atom. The smallest absolute Gasteiger partial charge is 0.352 e. The maximum Gasteiger partial charge on any atom is 0.403 e. The lowest BCUT2D eigenvalue weighted by atomic mass is 10.1. The lowest BCUT2D eigenvalue weighted by Gasteiger charge is -2.19. The van der Waals surface area contributed by atoms with Gasteiger partial charge in [-0.05, 0) is 81.6 Å². The molecule has 1 atom stereocenters. The van der Waals surface area contributed by atoms with Gasteiger partial charge in [-0.1, -0.05) is 17.7 Å². The zero-order valence-corrected chi connectivity index (χ0v) is 23.1. The molecule has 1 aliphatic heterocycles. The Hall–Kier alpha value is -3.31. The summed E-state index contributed by atoms with van der Waals surface area (Å²) >= 11 is 6.38. The van der Waals surface area contributed by atoms with Crippen LogP contribution in [0.3, 0.4) is 0 Å². The molecule has 2 aliphatic rings. The van der Waals surface area contributed by atoms with Gasteiger partial charge < -0.3 is 25.4 Å². The summed E-state index contributed by atoms with van der Waals surface area (Å²) in [5, 5.41) is 8.96. The van der Waals surface area contributed by atoms with Crippen LogP contribution >= 0.6 is 11.6 Å². The minimum absolute atomic E-state index is 0.0689. The molecule has 214 valence electrons. The number of nitrogens with zero attached hydrogens (tertiary/aromatic N) is 3. The van der Waals surface area contributed by atoms with Crippen molar-refractivity contribution in [1.82, 2.24) is 25.1 Å². The molecule has 5 rings (SSSR count). The maximum atomic E-state index is 13.2. The highest BCUT2D eigenvalue weighted by molar-refractivity contribution is 6.33. The van der Waals surface area contributed by atoms with E-state index in [1.54, 1.807) is 30.3 Å². The van der Waals surface area contributed by atoms with Gasteiger partial charge in [0, 0.05) is 31.7 Å². The average Bonchev–Trinajstić information content (AvgIpc) is 3.57. The van der Waals surface area contributed by atoms with E-state index in [1.165, 1.54) is 6.42 Å². The summed E-state index contributed by atoms with van der Waals surface area (Å²) in [6.07, 6.45) is -1.68.